The summed E-state index contributed by atoms with van der Waals surface area (Å²) in [7, 11) is 0. The Labute approximate surface area is 172 Å². The van der Waals surface area contributed by atoms with E-state index in [0.29, 0.717) is 22.8 Å². The van der Waals surface area contributed by atoms with E-state index in [1.807, 2.05) is 47.5 Å². The molecule has 134 valence electrons. The fraction of sp³-hybridized carbons (Fsp3) is 0.0500. The molecule has 5 nitrogen and oxygen atoms in total. The van der Waals surface area contributed by atoms with Gasteiger partial charge in [-0.05, 0) is 67.8 Å². The third-order valence-corrected chi connectivity index (χ3v) is 4.88. The zero-order valence-corrected chi connectivity index (χ0v) is 17.1. The highest BCUT2D eigenvalue weighted by Gasteiger charge is 2.21. The molecule has 2 aliphatic rings. The van der Waals surface area contributed by atoms with E-state index in [0.717, 1.165) is 21.4 Å². The number of fused-ring (bicyclic) bond motifs is 2. The molecule has 0 atom stereocenters. The molecule has 27 heavy (non-hydrogen) atoms. The van der Waals surface area contributed by atoms with E-state index in [-0.39, 0.29) is 0 Å². The Morgan fingerprint density at radius 3 is 2.85 bits per heavy atom. The summed E-state index contributed by atoms with van der Waals surface area (Å²) in [6.45, 7) is 0.651. The summed E-state index contributed by atoms with van der Waals surface area (Å²) in [6.07, 6.45) is 8.73. The van der Waals surface area contributed by atoms with Crippen molar-refractivity contribution in [3.8, 4) is 0 Å². The van der Waals surface area contributed by atoms with Crippen molar-refractivity contribution < 1.29 is 9.21 Å². The Bertz CT molecular complexity index is 1060. The van der Waals surface area contributed by atoms with E-state index in [1.165, 1.54) is 6.08 Å². The van der Waals surface area contributed by atoms with Gasteiger partial charge in [-0.15, -0.1) is 0 Å². The van der Waals surface area contributed by atoms with Gasteiger partial charge in [0.1, 0.15) is 11.6 Å². The summed E-state index contributed by atoms with van der Waals surface area (Å²) >= 11 is 6.72. The Morgan fingerprint density at radius 2 is 2.04 bits per heavy atom. The predicted octanol–water partition coefficient (Wildman–Crippen LogP) is 5.05. The molecule has 0 spiro atoms. The molecule has 7 heteroatoms. The fourth-order valence-corrected chi connectivity index (χ4v) is 3.46. The first-order valence-corrected chi connectivity index (χ1v) is 9.72. The molecule has 0 N–H and O–H groups in total. The number of amides is 1. The van der Waals surface area contributed by atoms with Crippen LogP contribution in [0.2, 0.25) is 0 Å². The van der Waals surface area contributed by atoms with Crippen LogP contribution in [0.4, 0.5) is 0 Å². The maximum atomic E-state index is 12.4. The van der Waals surface area contributed by atoms with Crippen LogP contribution in [-0.2, 0) is 11.3 Å². The number of hydrogen-bond acceptors (Lipinski definition) is 3. The van der Waals surface area contributed by atoms with Crippen LogP contribution in [0.25, 0.3) is 6.08 Å². The van der Waals surface area contributed by atoms with Crippen molar-refractivity contribution in [2.24, 2.45) is 9.98 Å². The van der Waals surface area contributed by atoms with Crippen molar-refractivity contribution in [1.82, 2.24) is 4.90 Å². The summed E-state index contributed by atoms with van der Waals surface area (Å²) in [5, 5.41) is 0. The van der Waals surface area contributed by atoms with Gasteiger partial charge < -0.3 is 9.32 Å². The topological polar surface area (TPSA) is 58.2 Å². The molecule has 0 aliphatic carbocycles. The van der Waals surface area contributed by atoms with Gasteiger partial charge in [-0.1, -0.05) is 24.3 Å². The summed E-state index contributed by atoms with van der Waals surface area (Å²) < 4.78 is 6.92. The number of furan rings is 1. The standard InChI is InChI=1S/C20H13Br2N3O2/c21-14-5-9-18-23-20(16-4-2-1-3-13(16)11-25(18)12-14)24-19(26)10-7-15-6-8-17(22)27-15/h1-10,12H,11H2. The molecular formula is C20H13Br2N3O2. The molecule has 0 bridgehead atoms. The van der Waals surface area contributed by atoms with Gasteiger partial charge in [0, 0.05) is 28.9 Å². The third-order valence-electron chi connectivity index (χ3n) is 3.98. The van der Waals surface area contributed by atoms with Crippen molar-refractivity contribution in [3.05, 3.63) is 86.9 Å². The molecule has 0 saturated carbocycles. The lowest BCUT2D eigenvalue weighted by Gasteiger charge is -2.21. The molecule has 4 rings (SSSR count). The lowest BCUT2D eigenvalue weighted by molar-refractivity contribution is -0.113. The third kappa shape index (κ3) is 4.09. The molecule has 2 aromatic rings. The average Bonchev–Trinajstić information content (AvgIpc) is 3.00. The molecule has 1 aromatic heterocycles. The van der Waals surface area contributed by atoms with Crippen molar-refractivity contribution in [2.75, 3.05) is 0 Å². The fourth-order valence-electron chi connectivity index (χ4n) is 2.76. The van der Waals surface area contributed by atoms with E-state index < -0.39 is 5.91 Å². The van der Waals surface area contributed by atoms with Crippen molar-refractivity contribution in [3.63, 3.8) is 0 Å². The minimum Gasteiger partial charge on any atom is -0.450 e. The second-order valence-electron chi connectivity index (χ2n) is 5.85. The Kier molecular flexibility index (Phi) is 5.05. The number of aliphatic imine (C=N–C) groups is 2. The van der Waals surface area contributed by atoms with Gasteiger partial charge in [0.05, 0.1) is 0 Å². The van der Waals surface area contributed by atoms with Crippen molar-refractivity contribution >= 4 is 55.5 Å². The van der Waals surface area contributed by atoms with Gasteiger partial charge in [0.2, 0.25) is 0 Å². The highest BCUT2D eigenvalue weighted by atomic mass is 79.9. The first-order chi connectivity index (χ1) is 13.1. The number of halogens is 2. The quantitative estimate of drug-likeness (QED) is 0.558. The first kappa shape index (κ1) is 17.9. The Morgan fingerprint density at radius 1 is 1.19 bits per heavy atom. The molecule has 3 heterocycles. The predicted molar refractivity (Wildman–Crippen MR) is 113 cm³/mol. The van der Waals surface area contributed by atoms with E-state index >= 15 is 0 Å². The number of amidine groups is 2. The van der Waals surface area contributed by atoms with E-state index in [2.05, 4.69) is 41.8 Å². The van der Waals surface area contributed by atoms with Crippen LogP contribution in [0.3, 0.4) is 0 Å². The number of allylic oxidation sites excluding steroid dienone is 2. The minimum absolute atomic E-state index is 0.398. The highest BCUT2D eigenvalue weighted by Crippen LogP contribution is 2.23. The zero-order valence-electron chi connectivity index (χ0n) is 14.0. The number of benzene rings is 1. The first-order valence-electron chi connectivity index (χ1n) is 8.13. The summed E-state index contributed by atoms with van der Waals surface area (Å²) in [5.74, 6) is 1.30. The normalized spacial score (nSPS) is 17.4. The molecule has 0 radical (unpaired) electrons. The van der Waals surface area contributed by atoms with Crippen LogP contribution >= 0.6 is 31.9 Å². The second-order valence-corrected chi connectivity index (χ2v) is 7.55. The molecule has 0 fully saturated rings. The smallest absolute Gasteiger partial charge is 0.271 e. The zero-order chi connectivity index (χ0) is 18.8. The maximum Gasteiger partial charge on any atom is 0.271 e. The molecule has 1 aromatic carbocycles. The van der Waals surface area contributed by atoms with E-state index in [9.17, 15) is 4.79 Å². The number of rotatable bonds is 2. The monoisotopic (exact) mass is 485 g/mol. The molecule has 0 unspecified atom stereocenters. The van der Waals surface area contributed by atoms with Gasteiger partial charge in [-0.3, -0.25) is 4.79 Å². The van der Waals surface area contributed by atoms with Crippen LogP contribution in [0.5, 0.6) is 0 Å². The largest absolute Gasteiger partial charge is 0.450 e. The number of hydrogen-bond donors (Lipinski definition) is 0. The lowest BCUT2D eigenvalue weighted by Crippen LogP contribution is -2.24. The number of carbonyl (C=O) groups is 1. The summed E-state index contributed by atoms with van der Waals surface area (Å²) in [5.41, 5.74) is 1.90. The maximum absolute atomic E-state index is 12.4. The second kappa shape index (κ2) is 7.62. The van der Waals surface area contributed by atoms with Crippen molar-refractivity contribution in [2.45, 2.75) is 6.54 Å². The van der Waals surface area contributed by atoms with Crippen LogP contribution in [0.15, 0.2) is 84.4 Å². The lowest BCUT2D eigenvalue weighted by atomic mass is 10.1. The van der Waals surface area contributed by atoms with Gasteiger partial charge in [-0.25, -0.2) is 4.99 Å². The Balaban J connectivity index is 1.70. The average molecular weight is 487 g/mol. The van der Waals surface area contributed by atoms with Crippen molar-refractivity contribution in [1.29, 1.82) is 0 Å². The molecule has 2 aliphatic heterocycles. The minimum atomic E-state index is -0.401. The van der Waals surface area contributed by atoms with E-state index in [1.54, 1.807) is 18.2 Å². The van der Waals surface area contributed by atoms with Gasteiger partial charge >= 0.3 is 0 Å². The highest BCUT2D eigenvalue weighted by molar-refractivity contribution is 9.12. The van der Waals surface area contributed by atoms with Crippen LogP contribution < -0.4 is 0 Å². The van der Waals surface area contributed by atoms with Crippen LogP contribution in [0.1, 0.15) is 16.9 Å². The van der Waals surface area contributed by atoms with Gasteiger partial charge in [0.25, 0.3) is 5.91 Å². The summed E-state index contributed by atoms with van der Waals surface area (Å²) in [4.78, 5) is 23.3. The van der Waals surface area contributed by atoms with Gasteiger partial charge in [0.15, 0.2) is 10.5 Å². The van der Waals surface area contributed by atoms with Gasteiger partial charge in [-0.2, -0.15) is 4.99 Å². The number of nitrogens with zero attached hydrogens (tertiary/aromatic N) is 3. The SMILES string of the molecule is O=C(C=Cc1ccc(Br)o1)N=C1N=C2C=CC(Br)=CN2Cc2ccccc21. The number of carbonyl (C=O) groups excluding carboxylic acids is 1. The van der Waals surface area contributed by atoms with Crippen LogP contribution in [0, 0.1) is 0 Å². The molecular weight excluding hydrogens is 474 g/mol. The summed E-state index contributed by atoms with van der Waals surface area (Å²) in [6, 6.07) is 11.4. The Hall–Kier alpha value is -2.51. The van der Waals surface area contributed by atoms with E-state index in [4.69, 9.17) is 4.42 Å². The molecule has 1 amide bonds. The molecule has 0 saturated heterocycles. The van der Waals surface area contributed by atoms with Crippen LogP contribution in [-0.4, -0.2) is 22.5 Å².